The normalized spacial score (nSPS) is 10.3. The number of hydrogen-bond donors (Lipinski definition) is 2. The lowest BCUT2D eigenvalue weighted by atomic mass is 10.1. The van der Waals surface area contributed by atoms with Gasteiger partial charge in [0.2, 0.25) is 0 Å². The number of hydrogen-bond acceptors (Lipinski definition) is 3. The van der Waals surface area contributed by atoms with Crippen molar-refractivity contribution in [2.45, 2.75) is 6.92 Å². The zero-order valence-electron chi connectivity index (χ0n) is 12.5. The molecule has 5 heteroatoms. The molecule has 1 amide bonds. The molecule has 0 bridgehead atoms. The van der Waals surface area contributed by atoms with Crippen LogP contribution in [0.25, 0.3) is 11.3 Å². The summed E-state index contributed by atoms with van der Waals surface area (Å²) >= 11 is 0. The van der Waals surface area contributed by atoms with E-state index < -0.39 is 0 Å². The van der Waals surface area contributed by atoms with E-state index in [0.717, 1.165) is 5.56 Å². The lowest BCUT2D eigenvalue weighted by Crippen LogP contribution is -2.12. The maximum absolute atomic E-state index is 12.2. The molecule has 0 unspecified atom stereocenters. The van der Waals surface area contributed by atoms with Gasteiger partial charge in [0, 0.05) is 16.8 Å². The van der Waals surface area contributed by atoms with E-state index >= 15 is 0 Å². The third kappa shape index (κ3) is 3.35. The van der Waals surface area contributed by atoms with Gasteiger partial charge in [-0.25, -0.2) is 0 Å². The van der Waals surface area contributed by atoms with Crippen LogP contribution < -0.4 is 5.32 Å². The third-order valence-corrected chi connectivity index (χ3v) is 3.44. The van der Waals surface area contributed by atoms with Crippen molar-refractivity contribution in [3.63, 3.8) is 0 Å². The molecule has 3 aromatic rings. The van der Waals surface area contributed by atoms with E-state index in [0.29, 0.717) is 22.6 Å². The number of ketones is 1. The van der Waals surface area contributed by atoms with Crippen molar-refractivity contribution in [1.29, 1.82) is 0 Å². The molecule has 3 rings (SSSR count). The summed E-state index contributed by atoms with van der Waals surface area (Å²) in [5.41, 5.74) is 3.25. The summed E-state index contributed by atoms with van der Waals surface area (Å²) < 4.78 is 0. The zero-order chi connectivity index (χ0) is 16.2. The Morgan fingerprint density at radius 3 is 2.35 bits per heavy atom. The average Bonchev–Trinajstić information content (AvgIpc) is 3.06. The van der Waals surface area contributed by atoms with E-state index in [2.05, 4.69) is 15.5 Å². The van der Waals surface area contributed by atoms with Gasteiger partial charge >= 0.3 is 0 Å². The number of nitrogens with one attached hydrogen (secondary N) is 2. The Balaban J connectivity index is 1.74. The van der Waals surface area contributed by atoms with Gasteiger partial charge in [-0.05, 0) is 37.3 Å². The van der Waals surface area contributed by atoms with E-state index in [1.165, 1.54) is 6.92 Å². The molecule has 1 heterocycles. The number of aromatic amines is 1. The Bertz CT molecular complexity index is 836. The second kappa shape index (κ2) is 6.27. The summed E-state index contributed by atoms with van der Waals surface area (Å²) in [5, 5.41) is 9.66. The van der Waals surface area contributed by atoms with Gasteiger partial charge in [-0.15, -0.1) is 0 Å². The minimum absolute atomic E-state index is 0.0102. The second-order valence-corrected chi connectivity index (χ2v) is 5.12. The molecule has 2 N–H and O–H groups in total. The fourth-order valence-corrected chi connectivity index (χ4v) is 2.18. The lowest BCUT2D eigenvalue weighted by Gasteiger charge is -2.03. The van der Waals surface area contributed by atoms with Crippen LogP contribution >= 0.6 is 0 Å². The molecule has 0 atom stereocenters. The number of carbonyl (C=O) groups excluding carboxylic acids is 2. The molecular formula is C18H15N3O2. The van der Waals surface area contributed by atoms with Crippen molar-refractivity contribution in [3.8, 4) is 11.3 Å². The summed E-state index contributed by atoms with van der Waals surface area (Å²) in [5.74, 6) is -0.292. The number of aromatic nitrogens is 2. The van der Waals surface area contributed by atoms with Crippen molar-refractivity contribution >= 4 is 17.4 Å². The van der Waals surface area contributed by atoms with Gasteiger partial charge in [-0.2, -0.15) is 5.10 Å². The van der Waals surface area contributed by atoms with Gasteiger partial charge < -0.3 is 5.32 Å². The Labute approximate surface area is 133 Å². The second-order valence-electron chi connectivity index (χ2n) is 5.12. The van der Waals surface area contributed by atoms with E-state index in [1.807, 2.05) is 30.3 Å². The highest BCUT2D eigenvalue weighted by atomic mass is 16.2. The van der Waals surface area contributed by atoms with Crippen LogP contribution in [0, 0.1) is 0 Å². The standard InChI is InChI=1S/C18H15N3O2/c1-12(22)13-7-9-15(10-8-13)19-18(23)17-11-16(20-21-17)14-5-3-2-4-6-14/h2-11H,1H3,(H,19,23)(H,20,21). The molecule has 0 aliphatic carbocycles. The topological polar surface area (TPSA) is 74.8 Å². The van der Waals surface area contributed by atoms with Crippen LogP contribution in [-0.4, -0.2) is 21.9 Å². The summed E-state index contributed by atoms with van der Waals surface area (Å²) in [6, 6.07) is 18.1. The van der Waals surface area contributed by atoms with Gasteiger partial charge in [0.15, 0.2) is 5.78 Å². The summed E-state index contributed by atoms with van der Waals surface area (Å²) in [6.45, 7) is 1.50. The first-order chi connectivity index (χ1) is 11.1. The first-order valence-corrected chi connectivity index (χ1v) is 7.16. The molecule has 2 aromatic carbocycles. The predicted molar refractivity (Wildman–Crippen MR) is 88.4 cm³/mol. The minimum Gasteiger partial charge on any atom is -0.321 e. The number of benzene rings is 2. The molecular weight excluding hydrogens is 290 g/mol. The van der Waals surface area contributed by atoms with Crippen LogP contribution in [-0.2, 0) is 0 Å². The van der Waals surface area contributed by atoms with Crippen molar-refractivity contribution in [2.75, 3.05) is 5.32 Å². The number of carbonyl (C=O) groups is 2. The Morgan fingerprint density at radius 1 is 1.00 bits per heavy atom. The fraction of sp³-hybridized carbons (Fsp3) is 0.0556. The van der Waals surface area contributed by atoms with Gasteiger partial charge in [0.05, 0.1) is 5.69 Å². The molecule has 114 valence electrons. The molecule has 0 aliphatic rings. The van der Waals surface area contributed by atoms with Gasteiger partial charge in [-0.3, -0.25) is 14.7 Å². The maximum atomic E-state index is 12.2. The highest BCUT2D eigenvalue weighted by Gasteiger charge is 2.11. The van der Waals surface area contributed by atoms with Crippen LogP contribution in [0.5, 0.6) is 0 Å². The fourth-order valence-electron chi connectivity index (χ4n) is 2.18. The summed E-state index contributed by atoms with van der Waals surface area (Å²) in [6.07, 6.45) is 0. The van der Waals surface area contributed by atoms with Gasteiger partial charge in [0.25, 0.3) is 5.91 Å². The average molecular weight is 305 g/mol. The zero-order valence-corrected chi connectivity index (χ0v) is 12.5. The third-order valence-electron chi connectivity index (χ3n) is 3.44. The quantitative estimate of drug-likeness (QED) is 0.724. The van der Waals surface area contributed by atoms with Crippen molar-refractivity contribution in [2.24, 2.45) is 0 Å². The number of rotatable bonds is 4. The first-order valence-electron chi connectivity index (χ1n) is 7.16. The SMILES string of the molecule is CC(=O)c1ccc(NC(=O)c2cc(-c3ccccc3)n[nH]2)cc1. The molecule has 0 fully saturated rings. The van der Waals surface area contributed by atoms with Crippen LogP contribution in [0.3, 0.4) is 0 Å². The number of amides is 1. The maximum Gasteiger partial charge on any atom is 0.273 e. The Kier molecular flexibility index (Phi) is 4.01. The molecule has 0 aliphatic heterocycles. The Morgan fingerprint density at radius 2 is 1.70 bits per heavy atom. The minimum atomic E-state index is -0.282. The van der Waals surface area contributed by atoms with E-state index in [9.17, 15) is 9.59 Å². The van der Waals surface area contributed by atoms with Crippen molar-refractivity contribution in [3.05, 3.63) is 71.9 Å². The predicted octanol–water partition coefficient (Wildman–Crippen LogP) is 3.53. The molecule has 0 saturated heterocycles. The number of H-pyrrole nitrogens is 1. The first kappa shape index (κ1) is 14.7. The number of nitrogens with zero attached hydrogens (tertiary/aromatic N) is 1. The largest absolute Gasteiger partial charge is 0.321 e. The smallest absolute Gasteiger partial charge is 0.273 e. The molecule has 23 heavy (non-hydrogen) atoms. The molecule has 0 spiro atoms. The van der Waals surface area contributed by atoms with Crippen LogP contribution in [0.4, 0.5) is 5.69 Å². The van der Waals surface area contributed by atoms with E-state index in [-0.39, 0.29) is 11.7 Å². The van der Waals surface area contributed by atoms with Crippen LogP contribution in [0.15, 0.2) is 60.7 Å². The highest BCUT2D eigenvalue weighted by molar-refractivity contribution is 6.03. The highest BCUT2D eigenvalue weighted by Crippen LogP contribution is 2.18. The molecule has 1 aromatic heterocycles. The van der Waals surface area contributed by atoms with Gasteiger partial charge in [-0.1, -0.05) is 30.3 Å². The number of Topliss-reactive ketones (excluding diaryl/α,β-unsaturated/α-hetero) is 1. The summed E-state index contributed by atoms with van der Waals surface area (Å²) in [4.78, 5) is 23.5. The Hall–Kier alpha value is -3.21. The van der Waals surface area contributed by atoms with Crippen molar-refractivity contribution < 1.29 is 9.59 Å². The van der Waals surface area contributed by atoms with Gasteiger partial charge in [0.1, 0.15) is 5.69 Å². The van der Waals surface area contributed by atoms with Crippen molar-refractivity contribution in [1.82, 2.24) is 10.2 Å². The molecule has 0 radical (unpaired) electrons. The van der Waals surface area contributed by atoms with Crippen LogP contribution in [0.1, 0.15) is 27.8 Å². The van der Waals surface area contributed by atoms with E-state index in [1.54, 1.807) is 30.3 Å². The molecule has 0 saturated carbocycles. The lowest BCUT2D eigenvalue weighted by molar-refractivity contribution is 0.101. The summed E-state index contributed by atoms with van der Waals surface area (Å²) in [7, 11) is 0. The number of anilines is 1. The van der Waals surface area contributed by atoms with Crippen LogP contribution in [0.2, 0.25) is 0 Å². The molecule has 5 nitrogen and oxygen atoms in total. The van der Waals surface area contributed by atoms with E-state index in [4.69, 9.17) is 0 Å². The monoisotopic (exact) mass is 305 g/mol.